The Kier molecular flexibility index (Phi) is 7.56. The summed E-state index contributed by atoms with van der Waals surface area (Å²) < 4.78 is 5.62. The average molecular weight is 384 g/mol. The Labute approximate surface area is 163 Å². The van der Waals surface area contributed by atoms with Crippen molar-refractivity contribution in [3.63, 3.8) is 0 Å². The summed E-state index contributed by atoms with van der Waals surface area (Å²) in [5.74, 6) is -1.16. The molecule has 28 heavy (non-hydrogen) atoms. The highest BCUT2D eigenvalue weighted by atomic mass is 16.5. The first-order chi connectivity index (χ1) is 13.4. The third kappa shape index (κ3) is 6.42. The molecule has 2 aromatic carbocycles. The molecule has 0 aliphatic rings. The van der Waals surface area contributed by atoms with E-state index in [9.17, 15) is 14.4 Å². The van der Waals surface area contributed by atoms with Crippen molar-refractivity contribution in [3.05, 3.63) is 59.7 Å². The molecule has 3 N–H and O–H groups in total. The zero-order valence-electron chi connectivity index (χ0n) is 15.9. The predicted molar refractivity (Wildman–Crippen MR) is 106 cm³/mol. The van der Waals surface area contributed by atoms with Crippen LogP contribution in [0.15, 0.2) is 48.5 Å². The molecule has 0 aliphatic carbocycles. The van der Waals surface area contributed by atoms with Crippen LogP contribution in [-0.2, 0) is 4.79 Å². The minimum atomic E-state index is -1.09. The number of anilines is 1. The van der Waals surface area contributed by atoms with Gasteiger partial charge in [0.15, 0.2) is 0 Å². The Morgan fingerprint density at radius 1 is 1.04 bits per heavy atom. The highest BCUT2D eigenvalue weighted by molar-refractivity contribution is 5.96. The van der Waals surface area contributed by atoms with E-state index >= 15 is 0 Å². The molecule has 0 aromatic heterocycles. The van der Waals surface area contributed by atoms with Crippen molar-refractivity contribution in [3.8, 4) is 5.75 Å². The third-order valence-corrected chi connectivity index (χ3v) is 3.77. The summed E-state index contributed by atoms with van der Waals surface area (Å²) in [6, 6.07) is 13.1. The van der Waals surface area contributed by atoms with Gasteiger partial charge in [-0.2, -0.15) is 0 Å². The molecule has 0 spiro atoms. The number of carbonyl (C=O) groups excluding carboxylic acids is 2. The number of hydrogen-bond donors (Lipinski definition) is 3. The Bertz CT molecular complexity index is 834. The fraction of sp³-hybridized carbons (Fsp3) is 0.286. The topological polar surface area (TPSA) is 105 Å². The van der Waals surface area contributed by atoms with Crippen molar-refractivity contribution in [2.75, 3.05) is 11.9 Å². The number of aromatic carboxylic acids is 1. The molecule has 2 aromatic rings. The SMILES string of the molecule is CC(C)Oc1ccc(C(=O)O)cc1NC(=O)CCCNC(=O)c1ccccc1. The Morgan fingerprint density at radius 2 is 1.75 bits per heavy atom. The number of nitrogens with one attached hydrogen (secondary N) is 2. The molecule has 0 unspecified atom stereocenters. The molecule has 148 valence electrons. The molecule has 2 amide bonds. The first kappa shape index (κ1) is 21.0. The van der Waals surface area contributed by atoms with Crippen LogP contribution in [0.1, 0.15) is 47.4 Å². The molecular weight excluding hydrogens is 360 g/mol. The number of carboxylic acid groups (broad SMARTS) is 1. The van der Waals surface area contributed by atoms with E-state index in [1.54, 1.807) is 24.3 Å². The molecular formula is C21H24N2O5. The zero-order valence-corrected chi connectivity index (χ0v) is 15.9. The van der Waals surface area contributed by atoms with E-state index in [1.807, 2.05) is 19.9 Å². The number of rotatable bonds is 9. The summed E-state index contributed by atoms with van der Waals surface area (Å²) in [4.78, 5) is 35.3. The molecule has 7 nitrogen and oxygen atoms in total. The summed E-state index contributed by atoms with van der Waals surface area (Å²) >= 11 is 0. The number of amides is 2. The monoisotopic (exact) mass is 384 g/mol. The summed E-state index contributed by atoms with van der Waals surface area (Å²) in [5, 5.41) is 14.6. The second-order valence-electron chi connectivity index (χ2n) is 6.46. The quantitative estimate of drug-likeness (QED) is 0.575. The van der Waals surface area contributed by atoms with Crippen molar-refractivity contribution in [1.29, 1.82) is 0 Å². The average Bonchev–Trinajstić information content (AvgIpc) is 2.66. The standard InChI is InChI=1S/C21H24N2O5/c1-14(2)28-18-11-10-16(21(26)27)13-17(18)23-19(24)9-6-12-22-20(25)15-7-4-3-5-8-15/h3-5,7-8,10-11,13-14H,6,9,12H2,1-2H3,(H,22,25)(H,23,24)(H,26,27). The number of hydrogen-bond acceptors (Lipinski definition) is 4. The lowest BCUT2D eigenvalue weighted by molar-refractivity contribution is -0.116. The van der Waals surface area contributed by atoms with Gasteiger partial charge in [-0.15, -0.1) is 0 Å². The van der Waals surface area contributed by atoms with Crippen LogP contribution in [0.4, 0.5) is 5.69 Å². The molecule has 7 heteroatoms. The second kappa shape index (κ2) is 10.1. The predicted octanol–water partition coefficient (Wildman–Crippen LogP) is 3.32. The van der Waals surface area contributed by atoms with Crippen LogP contribution >= 0.6 is 0 Å². The molecule has 2 rings (SSSR count). The Morgan fingerprint density at radius 3 is 2.39 bits per heavy atom. The molecule has 0 saturated heterocycles. The summed E-state index contributed by atoms with van der Waals surface area (Å²) in [5.41, 5.74) is 0.932. The highest BCUT2D eigenvalue weighted by Crippen LogP contribution is 2.27. The van der Waals surface area contributed by atoms with Crippen LogP contribution in [0.25, 0.3) is 0 Å². The lowest BCUT2D eigenvalue weighted by Gasteiger charge is -2.15. The zero-order chi connectivity index (χ0) is 20.5. The largest absolute Gasteiger partial charge is 0.489 e. The van der Waals surface area contributed by atoms with E-state index in [0.29, 0.717) is 30.0 Å². The van der Waals surface area contributed by atoms with E-state index in [0.717, 1.165) is 0 Å². The van der Waals surface area contributed by atoms with E-state index in [2.05, 4.69) is 10.6 Å². The fourth-order valence-electron chi connectivity index (χ4n) is 2.47. The van der Waals surface area contributed by atoms with Crippen molar-refractivity contribution < 1.29 is 24.2 Å². The van der Waals surface area contributed by atoms with Gasteiger partial charge in [-0.05, 0) is 50.6 Å². The van der Waals surface area contributed by atoms with Gasteiger partial charge >= 0.3 is 5.97 Å². The fourth-order valence-corrected chi connectivity index (χ4v) is 2.47. The van der Waals surface area contributed by atoms with E-state index < -0.39 is 5.97 Å². The highest BCUT2D eigenvalue weighted by Gasteiger charge is 2.13. The first-order valence-electron chi connectivity index (χ1n) is 9.04. The third-order valence-electron chi connectivity index (χ3n) is 3.77. The normalized spacial score (nSPS) is 10.4. The summed E-state index contributed by atoms with van der Waals surface area (Å²) in [7, 11) is 0. The molecule has 0 aliphatic heterocycles. The maximum absolute atomic E-state index is 12.2. The van der Waals surface area contributed by atoms with E-state index in [-0.39, 0.29) is 29.9 Å². The van der Waals surface area contributed by atoms with Crippen LogP contribution < -0.4 is 15.4 Å². The lowest BCUT2D eigenvalue weighted by Crippen LogP contribution is -2.25. The maximum Gasteiger partial charge on any atom is 0.335 e. The van der Waals surface area contributed by atoms with Gasteiger partial charge in [0.2, 0.25) is 5.91 Å². The Balaban J connectivity index is 1.88. The lowest BCUT2D eigenvalue weighted by atomic mass is 10.1. The van der Waals surface area contributed by atoms with Crippen LogP contribution in [0.2, 0.25) is 0 Å². The van der Waals surface area contributed by atoms with Crippen molar-refractivity contribution in [1.82, 2.24) is 5.32 Å². The van der Waals surface area contributed by atoms with Gasteiger partial charge in [-0.25, -0.2) is 4.79 Å². The van der Waals surface area contributed by atoms with Crippen LogP contribution in [0.3, 0.4) is 0 Å². The minimum Gasteiger partial charge on any atom is -0.489 e. The number of carboxylic acids is 1. The van der Waals surface area contributed by atoms with Crippen LogP contribution in [0.5, 0.6) is 5.75 Å². The van der Waals surface area contributed by atoms with Gasteiger partial charge in [-0.1, -0.05) is 18.2 Å². The van der Waals surface area contributed by atoms with Crippen LogP contribution in [-0.4, -0.2) is 35.5 Å². The number of carbonyl (C=O) groups is 3. The van der Waals surface area contributed by atoms with Gasteiger partial charge in [0.25, 0.3) is 5.91 Å². The smallest absolute Gasteiger partial charge is 0.335 e. The van der Waals surface area contributed by atoms with Gasteiger partial charge in [-0.3, -0.25) is 9.59 Å². The molecule has 0 radical (unpaired) electrons. The minimum absolute atomic E-state index is 0.0570. The van der Waals surface area contributed by atoms with Crippen molar-refractivity contribution in [2.24, 2.45) is 0 Å². The Hall–Kier alpha value is -3.35. The van der Waals surface area contributed by atoms with Gasteiger partial charge in [0, 0.05) is 18.5 Å². The van der Waals surface area contributed by atoms with Crippen molar-refractivity contribution in [2.45, 2.75) is 32.8 Å². The van der Waals surface area contributed by atoms with Crippen LogP contribution in [0, 0.1) is 0 Å². The van der Waals surface area contributed by atoms with E-state index in [1.165, 1.54) is 18.2 Å². The molecule has 0 heterocycles. The maximum atomic E-state index is 12.2. The molecule has 0 saturated carbocycles. The van der Waals surface area contributed by atoms with Gasteiger partial charge in [0.05, 0.1) is 17.4 Å². The molecule has 0 atom stereocenters. The number of benzene rings is 2. The first-order valence-corrected chi connectivity index (χ1v) is 9.04. The van der Waals surface area contributed by atoms with Crippen molar-refractivity contribution >= 4 is 23.5 Å². The summed E-state index contributed by atoms with van der Waals surface area (Å²) in [6.45, 7) is 4.03. The molecule has 0 bridgehead atoms. The second-order valence-corrected chi connectivity index (χ2v) is 6.46. The molecule has 0 fully saturated rings. The van der Waals surface area contributed by atoms with Gasteiger partial charge in [0.1, 0.15) is 5.75 Å². The van der Waals surface area contributed by atoms with Gasteiger partial charge < -0.3 is 20.5 Å². The summed E-state index contributed by atoms with van der Waals surface area (Å²) in [6.07, 6.45) is 0.496. The number of ether oxygens (including phenoxy) is 1. The van der Waals surface area contributed by atoms with E-state index in [4.69, 9.17) is 9.84 Å².